The average molecular weight is 369 g/mol. The summed E-state index contributed by atoms with van der Waals surface area (Å²) in [5.74, 6) is -0.491. The first-order valence-corrected chi connectivity index (χ1v) is 8.95. The van der Waals surface area contributed by atoms with Crippen molar-refractivity contribution in [1.29, 1.82) is 0 Å². The zero-order chi connectivity index (χ0) is 17.4. The number of thiophene rings is 1. The van der Waals surface area contributed by atoms with Crippen LogP contribution in [0.2, 0.25) is 5.02 Å². The fourth-order valence-electron chi connectivity index (χ4n) is 2.98. The molecule has 0 spiro atoms. The number of fused-ring (bicyclic) bond motifs is 1. The Morgan fingerprint density at radius 1 is 1.12 bits per heavy atom. The van der Waals surface area contributed by atoms with Crippen molar-refractivity contribution in [1.82, 2.24) is 5.32 Å². The zero-order valence-electron chi connectivity index (χ0n) is 13.0. The largest absolute Gasteiger partial charge is 0.348 e. The summed E-state index contributed by atoms with van der Waals surface area (Å²) < 4.78 is 0. The highest BCUT2D eigenvalue weighted by molar-refractivity contribution is 7.12. The second-order valence-electron chi connectivity index (χ2n) is 5.61. The summed E-state index contributed by atoms with van der Waals surface area (Å²) in [4.78, 5) is 25.2. The second-order valence-corrected chi connectivity index (χ2v) is 6.94. The van der Waals surface area contributed by atoms with Crippen LogP contribution in [0.25, 0.3) is 11.1 Å². The van der Waals surface area contributed by atoms with Crippen LogP contribution in [-0.4, -0.2) is 11.8 Å². The van der Waals surface area contributed by atoms with Crippen molar-refractivity contribution in [3.8, 4) is 11.1 Å². The van der Waals surface area contributed by atoms with E-state index in [9.17, 15) is 9.59 Å². The van der Waals surface area contributed by atoms with Gasteiger partial charge in [0, 0.05) is 6.54 Å². The van der Waals surface area contributed by atoms with Gasteiger partial charge in [-0.1, -0.05) is 48.0 Å². The molecular weight excluding hydrogens is 356 g/mol. The highest BCUT2D eigenvalue weighted by Crippen LogP contribution is 2.34. The number of rotatable bonds is 3. The molecule has 3 aromatic rings. The average Bonchev–Trinajstić information content (AvgIpc) is 3.22. The number of anilines is 1. The van der Waals surface area contributed by atoms with Gasteiger partial charge in [-0.05, 0) is 34.2 Å². The van der Waals surface area contributed by atoms with Crippen LogP contribution in [0.5, 0.6) is 0 Å². The summed E-state index contributed by atoms with van der Waals surface area (Å²) in [5, 5.41) is 7.83. The molecule has 1 aliphatic heterocycles. The monoisotopic (exact) mass is 368 g/mol. The smallest absolute Gasteiger partial charge is 0.267 e. The molecule has 0 radical (unpaired) electrons. The molecule has 0 atom stereocenters. The molecule has 1 aromatic heterocycles. The minimum absolute atomic E-state index is 0.180. The maximum absolute atomic E-state index is 12.4. The number of carbonyl (C=O) groups is 2. The van der Waals surface area contributed by atoms with Crippen molar-refractivity contribution in [3.63, 3.8) is 0 Å². The normalized spacial score (nSPS) is 12.6. The molecule has 0 aliphatic carbocycles. The molecule has 4 nitrogen and oxygen atoms in total. The van der Waals surface area contributed by atoms with E-state index in [1.165, 1.54) is 11.3 Å². The van der Waals surface area contributed by atoms with Gasteiger partial charge in [-0.15, -0.1) is 11.3 Å². The van der Waals surface area contributed by atoms with E-state index in [-0.39, 0.29) is 11.8 Å². The van der Waals surface area contributed by atoms with Gasteiger partial charge in [-0.3, -0.25) is 9.59 Å². The predicted molar refractivity (Wildman–Crippen MR) is 100 cm³/mol. The Labute approximate surface area is 153 Å². The Morgan fingerprint density at radius 3 is 2.64 bits per heavy atom. The standard InChI is InChI=1S/C19H13ClN2O2S/c20-14-8-9-25-17(14)19(24)22-15-7-6-12(11-4-2-1-3-5-11)13-10-21-18(23)16(13)15/h1-9H,10H2,(H,21,23)(H,22,24). The third-order valence-electron chi connectivity index (χ3n) is 4.12. The van der Waals surface area contributed by atoms with E-state index in [1.807, 2.05) is 36.4 Å². The fourth-order valence-corrected chi connectivity index (χ4v) is 4.01. The van der Waals surface area contributed by atoms with Gasteiger partial charge in [0.1, 0.15) is 4.88 Å². The summed E-state index contributed by atoms with van der Waals surface area (Å²) in [5.41, 5.74) is 3.93. The number of carbonyl (C=O) groups excluding carboxylic acids is 2. The van der Waals surface area contributed by atoms with Gasteiger partial charge in [0.05, 0.1) is 16.3 Å². The van der Waals surface area contributed by atoms with Crippen LogP contribution in [0.3, 0.4) is 0 Å². The van der Waals surface area contributed by atoms with Crippen LogP contribution < -0.4 is 10.6 Å². The van der Waals surface area contributed by atoms with Gasteiger partial charge in [0.15, 0.2) is 0 Å². The van der Waals surface area contributed by atoms with Gasteiger partial charge in [0.2, 0.25) is 0 Å². The molecule has 1 aliphatic rings. The minimum atomic E-state index is -0.311. The van der Waals surface area contributed by atoms with Crippen molar-refractivity contribution < 1.29 is 9.59 Å². The number of benzene rings is 2. The first-order valence-electron chi connectivity index (χ1n) is 7.69. The molecule has 124 valence electrons. The Hall–Kier alpha value is -2.63. The quantitative estimate of drug-likeness (QED) is 0.711. The van der Waals surface area contributed by atoms with Gasteiger partial charge < -0.3 is 10.6 Å². The number of hydrogen-bond donors (Lipinski definition) is 2. The van der Waals surface area contributed by atoms with E-state index in [4.69, 9.17) is 11.6 Å². The third-order valence-corrected chi connectivity index (χ3v) is 5.46. The lowest BCUT2D eigenvalue weighted by Crippen LogP contribution is -2.16. The number of nitrogens with one attached hydrogen (secondary N) is 2. The molecule has 0 saturated carbocycles. The highest BCUT2D eigenvalue weighted by atomic mass is 35.5. The predicted octanol–water partition coefficient (Wildman–Crippen LogP) is 4.56. The molecule has 2 heterocycles. The van der Waals surface area contributed by atoms with Crippen LogP contribution in [0.15, 0.2) is 53.9 Å². The molecule has 2 N–H and O–H groups in total. The SMILES string of the molecule is O=C(Nc1ccc(-c2ccccc2)c2c1C(=O)NC2)c1sccc1Cl. The highest BCUT2D eigenvalue weighted by Gasteiger charge is 2.27. The summed E-state index contributed by atoms with van der Waals surface area (Å²) in [7, 11) is 0. The van der Waals surface area contributed by atoms with Crippen LogP contribution in [0.1, 0.15) is 25.6 Å². The molecule has 25 heavy (non-hydrogen) atoms. The molecule has 0 fully saturated rings. The van der Waals surface area contributed by atoms with Crippen LogP contribution in [-0.2, 0) is 6.54 Å². The van der Waals surface area contributed by atoms with Gasteiger partial charge in [-0.25, -0.2) is 0 Å². The summed E-state index contributed by atoms with van der Waals surface area (Å²) >= 11 is 7.29. The summed E-state index contributed by atoms with van der Waals surface area (Å²) in [6.45, 7) is 0.446. The van der Waals surface area contributed by atoms with Crippen LogP contribution in [0.4, 0.5) is 5.69 Å². The van der Waals surface area contributed by atoms with Gasteiger partial charge in [0.25, 0.3) is 11.8 Å². The minimum Gasteiger partial charge on any atom is -0.348 e. The molecule has 0 bridgehead atoms. The molecule has 0 unspecified atom stereocenters. The Kier molecular flexibility index (Phi) is 4.03. The number of hydrogen-bond acceptors (Lipinski definition) is 3. The van der Waals surface area contributed by atoms with Gasteiger partial charge >= 0.3 is 0 Å². The van der Waals surface area contributed by atoms with Crippen LogP contribution >= 0.6 is 22.9 Å². The molecule has 2 amide bonds. The van der Waals surface area contributed by atoms with Crippen molar-refractivity contribution in [2.75, 3.05) is 5.32 Å². The van der Waals surface area contributed by atoms with E-state index in [2.05, 4.69) is 10.6 Å². The van der Waals surface area contributed by atoms with E-state index >= 15 is 0 Å². The lowest BCUT2D eigenvalue weighted by atomic mass is 9.95. The number of amides is 2. The van der Waals surface area contributed by atoms with Crippen molar-refractivity contribution in [2.24, 2.45) is 0 Å². The molecule has 4 rings (SSSR count). The first kappa shape index (κ1) is 15.9. The lowest BCUT2D eigenvalue weighted by molar-refractivity contribution is 0.0966. The Balaban J connectivity index is 1.76. The number of halogens is 1. The topological polar surface area (TPSA) is 58.2 Å². The van der Waals surface area contributed by atoms with E-state index in [0.29, 0.717) is 27.7 Å². The zero-order valence-corrected chi connectivity index (χ0v) is 14.6. The summed E-state index contributed by atoms with van der Waals surface area (Å²) in [6, 6.07) is 15.2. The third kappa shape index (κ3) is 2.81. The van der Waals surface area contributed by atoms with E-state index < -0.39 is 0 Å². The molecule has 2 aromatic carbocycles. The summed E-state index contributed by atoms with van der Waals surface area (Å²) in [6.07, 6.45) is 0. The Bertz CT molecular complexity index is 982. The molecular formula is C19H13ClN2O2S. The first-order chi connectivity index (χ1) is 12.1. The fraction of sp³-hybridized carbons (Fsp3) is 0.0526. The maximum Gasteiger partial charge on any atom is 0.267 e. The van der Waals surface area contributed by atoms with Gasteiger partial charge in [-0.2, -0.15) is 0 Å². The van der Waals surface area contributed by atoms with Crippen LogP contribution in [0, 0.1) is 0 Å². The van der Waals surface area contributed by atoms with E-state index in [0.717, 1.165) is 16.7 Å². The molecule has 6 heteroatoms. The lowest BCUT2D eigenvalue weighted by Gasteiger charge is -2.12. The maximum atomic E-state index is 12.4. The Morgan fingerprint density at radius 2 is 1.92 bits per heavy atom. The van der Waals surface area contributed by atoms with Crippen molar-refractivity contribution >= 4 is 40.4 Å². The van der Waals surface area contributed by atoms with Crippen molar-refractivity contribution in [3.05, 3.63) is 74.9 Å². The van der Waals surface area contributed by atoms with Crippen molar-refractivity contribution in [2.45, 2.75) is 6.54 Å². The molecule has 0 saturated heterocycles. The van der Waals surface area contributed by atoms with E-state index in [1.54, 1.807) is 17.5 Å². The second kappa shape index (κ2) is 6.35.